The Bertz CT molecular complexity index is 1650. The number of nitrogens with one attached hydrogen (secondary N) is 2. The van der Waals surface area contributed by atoms with E-state index in [-0.39, 0.29) is 0 Å². The van der Waals surface area contributed by atoms with E-state index in [1.54, 1.807) is 0 Å². The van der Waals surface area contributed by atoms with Crippen molar-refractivity contribution < 1.29 is 95.3 Å². The Hall–Kier alpha value is -6.23. The number of ether oxygens (including phenoxy) is 10. The fraction of sp³-hybridized carbons (Fsp3) is 0.571. The average Bonchev–Trinajstić information content (AvgIpc) is 3.10. The Balaban J connectivity index is 2.00. The van der Waals surface area contributed by atoms with E-state index in [0.29, 0.717) is 0 Å². The smallest absolute Gasteiger partial charge is 0.305 e. The van der Waals surface area contributed by atoms with Crippen molar-refractivity contribution in [3.63, 3.8) is 0 Å². The van der Waals surface area contributed by atoms with Crippen LogP contribution in [0.5, 0.6) is 0 Å². The molecule has 2 aliphatic heterocycles. The molecule has 0 bridgehead atoms. The first-order chi connectivity index (χ1) is 27.2. The maximum atomic E-state index is 13.8. The summed E-state index contributed by atoms with van der Waals surface area (Å²) in [4.78, 5) is 128. The molecule has 2 fully saturated rings. The van der Waals surface area contributed by atoms with Crippen molar-refractivity contribution >= 4 is 59.6 Å². The van der Waals surface area contributed by atoms with Crippen LogP contribution in [0.2, 0.25) is 0 Å². The largest absolute Gasteiger partial charge is 0.463 e. The second kappa shape index (κ2) is 20.8. The highest BCUT2D eigenvalue weighted by Gasteiger charge is 2.54. The summed E-state index contributed by atoms with van der Waals surface area (Å²) < 4.78 is 53.7. The molecular weight excluding hydrogens is 782 g/mol. The number of carbonyl (C=O) groups is 10. The summed E-state index contributed by atoms with van der Waals surface area (Å²) in [6.07, 6.45) is -12.5. The summed E-state index contributed by atoms with van der Waals surface area (Å²) in [7, 11) is 0. The molecule has 58 heavy (non-hydrogen) atoms. The van der Waals surface area contributed by atoms with Crippen molar-refractivity contribution in [3.8, 4) is 0 Å². The summed E-state index contributed by atoms with van der Waals surface area (Å²) >= 11 is 0. The number of hydrogen-bond acceptors (Lipinski definition) is 21. The number of hydrogen-bond donors (Lipinski definition) is 2. The highest BCUT2D eigenvalue weighted by Crippen LogP contribution is 2.30. The second-order valence-electron chi connectivity index (χ2n) is 12.6. The lowest BCUT2D eigenvalue weighted by molar-refractivity contribution is -0.270. The standard InChI is InChI=1S/C35H43N3O20/c1-14(39)49-12-24-28(51-16(3)41)30(53-18(5)43)26(34(57-24)55-20(7)45)37-32(47)22-10-9-11-23(36-22)33(48)38-27-31(54-19(6)44)29(52-17(4)42)25(13-50-15(2)40)58-35(27)56-21(8)46/h9-11,24-31,34-35H,12-13H2,1-8H3,(H,37,47)(H,38,48)/t24-,25-,26-,27-,28-,29-,30-,31-,34-,35-/m1/s1. The lowest BCUT2D eigenvalue weighted by Gasteiger charge is -2.44. The summed E-state index contributed by atoms with van der Waals surface area (Å²) in [6.45, 7) is 7.15. The minimum absolute atomic E-state index is 0.464. The highest BCUT2D eigenvalue weighted by molar-refractivity contribution is 5.96. The minimum atomic E-state index is -1.73. The Kier molecular flexibility index (Phi) is 16.5. The summed E-state index contributed by atoms with van der Waals surface area (Å²) in [5, 5.41) is 4.91. The molecule has 1 aromatic heterocycles. The fourth-order valence-electron chi connectivity index (χ4n) is 5.78. The van der Waals surface area contributed by atoms with Crippen LogP contribution >= 0.6 is 0 Å². The third kappa shape index (κ3) is 13.5. The van der Waals surface area contributed by atoms with Gasteiger partial charge >= 0.3 is 47.8 Å². The molecule has 23 nitrogen and oxygen atoms in total. The molecule has 2 saturated heterocycles. The molecule has 2 amide bonds. The highest BCUT2D eigenvalue weighted by atomic mass is 16.7. The van der Waals surface area contributed by atoms with Gasteiger partial charge in [-0.05, 0) is 12.1 Å². The van der Waals surface area contributed by atoms with Crippen LogP contribution in [-0.4, -0.2) is 139 Å². The molecule has 1 aromatic rings. The van der Waals surface area contributed by atoms with Crippen LogP contribution in [0.4, 0.5) is 0 Å². The zero-order valence-electron chi connectivity index (χ0n) is 32.5. The quantitative estimate of drug-likeness (QED) is 0.163. The molecule has 318 valence electrons. The van der Waals surface area contributed by atoms with Crippen LogP contribution in [0, 0.1) is 0 Å². The minimum Gasteiger partial charge on any atom is -0.463 e. The van der Waals surface area contributed by atoms with Gasteiger partial charge < -0.3 is 58.0 Å². The van der Waals surface area contributed by atoms with Crippen molar-refractivity contribution in [1.82, 2.24) is 15.6 Å². The molecule has 0 aliphatic carbocycles. The zero-order valence-corrected chi connectivity index (χ0v) is 32.5. The van der Waals surface area contributed by atoms with Gasteiger partial charge in [0.1, 0.15) is 48.9 Å². The predicted molar refractivity (Wildman–Crippen MR) is 183 cm³/mol. The Morgan fingerprint density at radius 2 is 0.793 bits per heavy atom. The molecule has 0 saturated carbocycles. The van der Waals surface area contributed by atoms with Crippen LogP contribution in [-0.2, 0) is 85.7 Å². The van der Waals surface area contributed by atoms with Crippen LogP contribution in [0.1, 0.15) is 76.4 Å². The molecule has 0 radical (unpaired) electrons. The second-order valence-corrected chi connectivity index (χ2v) is 12.6. The Morgan fingerprint density at radius 1 is 0.483 bits per heavy atom. The van der Waals surface area contributed by atoms with Crippen molar-refractivity contribution in [2.75, 3.05) is 13.2 Å². The van der Waals surface area contributed by atoms with Crippen LogP contribution in [0.15, 0.2) is 18.2 Å². The molecule has 2 N–H and O–H groups in total. The normalized spacial score (nSPS) is 26.3. The lowest BCUT2D eigenvalue weighted by Crippen LogP contribution is -2.67. The van der Waals surface area contributed by atoms with Crippen LogP contribution in [0.25, 0.3) is 0 Å². The first-order valence-corrected chi connectivity index (χ1v) is 17.4. The van der Waals surface area contributed by atoms with Gasteiger partial charge in [0.05, 0.1) is 0 Å². The predicted octanol–water partition coefficient (Wildman–Crippen LogP) is -1.29. The number of carbonyl (C=O) groups excluding carboxylic acids is 10. The molecule has 0 unspecified atom stereocenters. The third-order valence-corrected chi connectivity index (χ3v) is 7.78. The van der Waals surface area contributed by atoms with Crippen molar-refractivity contribution in [2.45, 2.75) is 117 Å². The van der Waals surface area contributed by atoms with Crippen LogP contribution in [0.3, 0.4) is 0 Å². The van der Waals surface area contributed by atoms with Crippen molar-refractivity contribution in [1.29, 1.82) is 0 Å². The van der Waals surface area contributed by atoms with Crippen LogP contribution < -0.4 is 10.6 Å². The SMILES string of the molecule is CC(=O)OC[C@H]1O[C@@H](OC(C)=O)[C@H](NC(=O)c2cccc(C(=O)N[C@H]3[C@H](OC(C)=O)O[C@H](COC(C)=O)[C@@H](OC(C)=O)[C@@H]3OC(C)=O)n2)[C@@H](OC(C)=O)[C@@H]1OC(C)=O. The molecule has 10 atom stereocenters. The van der Waals surface area contributed by atoms with E-state index in [0.717, 1.165) is 67.5 Å². The van der Waals surface area contributed by atoms with Gasteiger partial charge in [-0.2, -0.15) is 0 Å². The number of pyridine rings is 1. The number of amides is 2. The van der Waals surface area contributed by atoms with Gasteiger partial charge in [0, 0.05) is 55.4 Å². The lowest BCUT2D eigenvalue weighted by atomic mass is 9.95. The van der Waals surface area contributed by atoms with Gasteiger partial charge in [0.2, 0.25) is 12.6 Å². The van der Waals surface area contributed by atoms with E-state index < -0.39 is 145 Å². The fourth-order valence-corrected chi connectivity index (χ4v) is 5.78. The Morgan fingerprint density at radius 3 is 1.09 bits per heavy atom. The number of rotatable bonds is 14. The van der Waals surface area contributed by atoms with Gasteiger partial charge in [-0.25, -0.2) is 4.98 Å². The third-order valence-electron chi connectivity index (χ3n) is 7.78. The molecule has 2 aliphatic rings. The zero-order chi connectivity index (χ0) is 43.4. The Labute approximate surface area is 329 Å². The topological polar surface area (TPSA) is 300 Å². The monoisotopic (exact) mass is 825 g/mol. The summed E-state index contributed by atoms with van der Waals surface area (Å²) in [6, 6.07) is 0.342. The van der Waals surface area contributed by atoms with E-state index in [1.807, 2.05) is 0 Å². The molecule has 0 aromatic carbocycles. The maximum absolute atomic E-state index is 13.8. The summed E-state index contributed by atoms with van der Waals surface area (Å²) in [5.41, 5.74) is -0.928. The van der Waals surface area contributed by atoms with E-state index in [4.69, 9.17) is 47.4 Å². The van der Waals surface area contributed by atoms with Gasteiger partial charge in [0.25, 0.3) is 11.8 Å². The number of esters is 8. The van der Waals surface area contributed by atoms with Crippen molar-refractivity contribution in [2.24, 2.45) is 0 Å². The van der Waals surface area contributed by atoms with Crippen molar-refractivity contribution in [3.05, 3.63) is 29.6 Å². The first kappa shape index (κ1) is 46.2. The first-order valence-electron chi connectivity index (χ1n) is 17.4. The van der Waals surface area contributed by atoms with Gasteiger partial charge in [-0.1, -0.05) is 6.07 Å². The molecule has 0 spiro atoms. The number of aromatic nitrogens is 1. The molecule has 23 heteroatoms. The van der Waals surface area contributed by atoms with E-state index in [9.17, 15) is 47.9 Å². The molecular formula is C35H43N3O20. The average molecular weight is 826 g/mol. The van der Waals surface area contributed by atoms with Gasteiger partial charge in [-0.15, -0.1) is 0 Å². The van der Waals surface area contributed by atoms with Gasteiger partial charge in [-0.3, -0.25) is 47.9 Å². The van der Waals surface area contributed by atoms with E-state index >= 15 is 0 Å². The maximum Gasteiger partial charge on any atom is 0.305 e. The molecule has 3 rings (SSSR count). The summed E-state index contributed by atoms with van der Waals surface area (Å²) in [5.74, 6) is -9.10. The van der Waals surface area contributed by atoms with Gasteiger partial charge in [0.15, 0.2) is 24.4 Å². The number of nitrogens with zero attached hydrogens (tertiary/aromatic N) is 1. The molecule has 3 heterocycles. The van der Waals surface area contributed by atoms with E-state index in [1.165, 1.54) is 6.07 Å². The van der Waals surface area contributed by atoms with E-state index in [2.05, 4.69) is 15.6 Å².